The van der Waals surface area contributed by atoms with Crippen LogP contribution >= 0.6 is 34.0 Å². The summed E-state index contributed by atoms with van der Waals surface area (Å²) < 4.78 is 19.8. The predicted octanol–water partition coefficient (Wildman–Crippen LogP) is 8.83. The highest BCUT2D eigenvalue weighted by atomic mass is 32.1. The maximum atomic E-state index is 14.8. The van der Waals surface area contributed by atoms with E-state index in [1.54, 1.807) is 54.6 Å². The maximum absolute atomic E-state index is 14.8. The molecule has 2 aromatic carbocycles. The first kappa shape index (κ1) is 37.8. The second-order valence-corrected chi connectivity index (χ2v) is 18.8. The van der Waals surface area contributed by atoms with Crippen LogP contribution in [0.15, 0.2) is 82.8 Å². The number of carbonyl (C=O) groups excluding carboxylic acids is 6. The summed E-state index contributed by atoms with van der Waals surface area (Å²) >= 11 is 3.65. The van der Waals surface area contributed by atoms with Gasteiger partial charge in [0.2, 0.25) is 0 Å². The highest BCUT2D eigenvalue weighted by Crippen LogP contribution is 2.60. The highest BCUT2D eigenvalue weighted by molar-refractivity contribution is 7.33. The SMILES string of the molecule is O=C1C(=Nc2cc3c(s2)-c2sc4cc(N=C5C(=O)C6CCCCC6C5=O)sc4c2OC3(C(=O)OCc2ccccc2)C(=O)OCc2ccccc2)C(=O)C2CCCCC12. The number of aliphatic imine (C=N–C) groups is 2. The van der Waals surface area contributed by atoms with Gasteiger partial charge >= 0.3 is 17.5 Å². The fourth-order valence-corrected chi connectivity index (χ4v) is 12.8. The molecule has 1 aliphatic heterocycles. The summed E-state index contributed by atoms with van der Waals surface area (Å²) in [5, 5.41) is 0.669. The molecule has 14 heteroatoms. The van der Waals surface area contributed by atoms with Crippen LogP contribution < -0.4 is 4.74 Å². The Hall–Kier alpha value is -5.44. The van der Waals surface area contributed by atoms with Crippen molar-refractivity contribution >= 4 is 99.9 Å². The zero-order valence-corrected chi connectivity index (χ0v) is 34.1. The van der Waals surface area contributed by atoms with Crippen molar-refractivity contribution in [2.24, 2.45) is 33.7 Å². The van der Waals surface area contributed by atoms with Gasteiger partial charge in [-0.25, -0.2) is 19.6 Å². The molecule has 3 aromatic heterocycles. The van der Waals surface area contributed by atoms with Crippen LogP contribution in [-0.2, 0) is 57.1 Å². The Labute approximate surface area is 350 Å². The van der Waals surface area contributed by atoms with Crippen LogP contribution in [0.25, 0.3) is 19.2 Å². The number of nitrogens with zero attached hydrogens (tertiary/aromatic N) is 2. The normalized spacial score (nSPS) is 23.0. The lowest BCUT2D eigenvalue weighted by atomic mass is 9.81. The van der Waals surface area contributed by atoms with Gasteiger partial charge in [-0.1, -0.05) is 86.3 Å². The van der Waals surface area contributed by atoms with Gasteiger partial charge in [0.15, 0.2) is 40.3 Å². The van der Waals surface area contributed by atoms with Crippen LogP contribution in [0.5, 0.6) is 5.75 Å². The maximum Gasteiger partial charge on any atom is 0.367 e. The molecule has 0 radical (unpaired) electrons. The van der Waals surface area contributed by atoms with E-state index in [-0.39, 0.29) is 87.8 Å². The predicted molar refractivity (Wildman–Crippen MR) is 223 cm³/mol. The third-order valence-corrected chi connectivity index (χ3v) is 15.6. The van der Waals surface area contributed by atoms with E-state index in [0.29, 0.717) is 61.0 Å². The fourth-order valence-electron chi connectivity index (χ4n) is 9.16. The Balaban J connectivity index is 1.10. The Morgan fingerprint density at radius 1 is 0.610 bits per heavy atom. The van der Waals surface area contributed by atoms with Gasteiger partial charge in [-0.2, -0.15) is 0 Å². The van der Waals surface area contributed by atoms with Crippen molar-refractivity contribution in [2.45, 2.75) is 70.2 Å². The smallest absolute Gasteiger partial charge is 0.367 e. The minimum atomic E-state index is -2.49. The largest absolute Gasteiger partial charge is 0.457 e. The van der Waals surface area contributed by atoms with Gasteiger partial charge < -0.3 is 14.2 Å². The average Bonchev–Trinajstić information content (AvgIpc) is 4.06. The highest BCUT2D eigenvalue weighted by Gasteiger charge is 2.59. The minimum absolute atomic E-state index is 0.0333. The molecule has 4 unspecified atom stereocenters. The summed E-state index contributed by atoms with van der Waals surface area (Å²) in [7, 11) is 0. The molecule has 4 aliphatic carbocycles. The summed E-state index contributed by atoms with van der Waals surface area (Å²) in [6, 6.07) is 21.3. The van der Waals surface area contributed by atoms with Gasteiger partial charge in [-0.15, -0.1) is 34.0 Å². The molecular weight excluding hydrogens is 809 g/mol. The number of benzene rings is 2. The molecule has 4 fully saturated rings. The monoisotopic (exact) mass is 844 g/mol. The Morgan fingerprint density at radius 3 is 1.54 bits per heavy atom. The third kappa shape index (κ3) is 6.34. The fraction of sp³-hybridized carbons (Fsp3) is 0.333. The van der Waals surface area contributed by atoms with Crippen molar-refractivity contribution in [1.29, 1.82) is 0 Å². The molecule has 11 nitrogen and oxygen atoms in total. The summed E-state index contributed by atoms with van der Waals surface area (Å²) in [5.41, 5.74) is -1.15. The van der Waals surface area contributed by atoms with E-state index in [1.807, 2.05) is 12.1 Å². The van der Waals surface area contributed by atoms with Crippen molar-refractivity contribution in [3.05, 3.63) is 89.5 Å². The second kappa shape index (κ2) is 15.0. The van der Waals surface area contributed by atoms with Crippen LogP contribution in [0.4, 0.5) is 10.0 Å². The molecule has 0 amide bonds. The van der Waals surface area contributed by atoms with Crippen molar-refractivity contribution in [1.82, 2.24) is 0 Å². The Bertz CT molecular complexity index is 2550. The summed E-state index contributed by atoms with van der Waals surface area (Å²) in [6.07, 6.45) is 6.19. The number of ether oxygens (including phenoxy) is 3. The van der Waals surface area contributed by atoms with Gasteiger partial charge in [0.1, 0.15) is 23.2 Å². The second-order valence-electron chi connectivity index (χ2n) is 15.6. The Morgan fingerprint density at radius 2 is 1.07 bits per heavy atom. The molecular formula is C45H36N2O9S3. The number of hydrogen-bond acceptors (Lipinski definition) is 14. The summed E-state index contributed by atoms with van der Waals surface area (Å²) in [4.78, 5) is 93.7. The van der Waals surface area contributed by atoms with Crippen LogP contribution in [-0.4, -0.2) is 46.5 Å². The van der Waals surface area contributed by atoms with Crippen molar-refractivity contribution in [3.63, 3.8) is 0 Å². The van der Waals surface area contributed by atoms with Crippen molar-refractivity contribution in [3.8, 4) is 15.5 Å². The van der Waals surface area contributed by atoms with E-state index in [4.69, 9.17) is 14.2 Å². The van der Waals surface area contributed by atoms with E-state index in [2.05, 4.69) is 9.98 Å². The van der Waals surface area contributed by atoms with E-state index in [9.17, 15) is 28.8 Å². The van der Waals surface area contributed by atoms with Crippen LogP contribution in [0, 0.1) is 23.7 Å². The lowest BCUT2D eigenvalue weighted by Gasteiger charge is -2.33. The van der Waals surface area contributed by atoms with Gasteiger partial charge in [-0.3, -0.25) is 19.2 Å². The number of fused-ring (bicyclic) bond motifs is 7. The zero-order valence-electron chi connectivity index (χ0n) is 31.6. The molecule has 4 atom stereocenters. The molecule has 59 heavy (non-hydrogen) atoms. The minimum Gasteiger partial charge on any atom is -0.457 e. The molecule has 10 rings (SSSR count). The molecule has 0 N–H and O–H groups in total. The summed E-state index contributed by atoms with van der Waals surface area (Å²) in [6.45, 7) is -0.346. The zero-order chi connectivity index (χ0) is 40.4. The number of carbonyl (C=O) groups is 6. The van der Waals surface area contributed by atoms with Crippen LogP contribution in [0.1, 0.15) is 68.1 Å². The first-order valence-corrected chi connectivity index (χ1v) is 22.3. The van der Waals surface area contributed by atoms with Crippen LogP contribution in [0.2, 0.25) is 0 Å². The van der Waals surface area contributed by atoms with Gasteiger partial charge in [-0.05, 0) is 48.9 Å². The topological polar surface area (TPSA) is 155 Å². The standard InChI is InChI=1S/C45H36N2O9S3/c48-35-25-15-7-8-16-26(25)36(49)33(35)46-31-19-29-40(58-31)42-39(41-30(57-42)20-32(59-41)47-34-37(50)27-17-9-10-18-28(27)38(34)51)56-45(29,43(52)54-21-23-11-3-1-4-12-23)44(53)55-22-24-13-5-2-6-14-24/h1-6,11-14,19-20,25-28H,7-10,15-18,21-22H2. The number of esters is 2. The van der Waals surface area contributed by atoms with E-state index in [1.165, 1.54) is 28.7 Å². The molecule has 5 aliphatic rings. The first-order valence-electron chi connectivity index (χ1n) is 19.9. The molecule has 0 bridgehead atoms. The van der Waals surface area contributed by atoms with Crippen molar-refractivity contribution in [2.75, 3.05) is 0 Å². The molecule has 0 saturated heterocycles. The number of thiophene rings is 3. The molecule has 0 spiro atoms. The quantitative estimate of drug-likeness (QED) is 0.110. The van der Waals surface area contributed by atoms with E-state index >= 15 is 0 Å². The number of Topliss-reactive ketones (excluding diaryl/α,β-unsaturated/α-hetero) is 4. The lowest BCUT2D eigenvalue weighted by molar-refractivity contribution is -0.183. The van der Waals surface area contributed by atoms with Crippen LogP contribution in [0.3, 0.4) is 0 Å². The van der Waals surface area contributed by atoms with E-state index < -0.39 is 17.5 Å². The molecule has 4 saturated carbocycles. The molecule has 5 aromatic rings. The lowest BCUT2D eigenvalue weighted by Crippen LogP contribution is -2.52. The first-order chi connectivity index (χ1) is 28.7. The summed E-state index contributed by atoms with van der Waals surface area (Å²) in [5.74, 6) is -4.26. The number of hydrogen-bond donors (Lipinski definition) is 0. The van der Waals surface area contributed by atoms with Gasteiger partial charge in [0.05, 0.1) is 19.2 Å². The Kier molecular flexibility index (Phi) is 9.60. The van der Waals surface area contributed by atoms with E-state index in [0.717, 1.165) is 37.0 Å². The van der Waals surface area contributed by atoms with Gasteiger partial charge in [0.25, 0.3) is 0 Å². The molecule has 298 valence electrons. The van der Waals surface area contributed by atoms with Crippen molar-refractivity contribution < 1.29 is 43.0 Å². The molecule has 4 heterocycles. The number of ketones is 4. The number of rotatable bonds is 8. The van der Waals surface area contributed by atoms with Gasteiger partial charge in [0, 0.05) is 29.2 Å². The average molecular weight is 845 g/mol. The third-order valence-electron chi connectivity index (χ3n) is 12.1.